The van der Waals surface area contributed by atoms with Gasteiger partial charge in [0.25, 0.3) is 8.32 Å². The van der Waals surface area contributed by atoms with Crippen LogP contribution in [0, 0.1) is 11.8 Å². The summed E-state index contributed by atoms with van der Waals surface area (Å²) in [5, 5.41) is 2.48. The fourth-order valence-electron chi connectivity index (χ4n) is 3.24. The molecular formula is C25H24OSi. The molecule has 0 bridgehead atoms. The van der Waals surface area contributed by atoms with Crippen molar-refractivity contribution >= 4 is 18.7 Å². The Morgan fingerprint density at radius 1 is 0.852 bits per heavy atom. The van der Waals surface area contributed by atoms with Crippen LogP contribution in [0.1, 0.15) is 12.5 Å². The second-order valence-electron chi connectivity index (χ2n) is 6.45. The van der Waals surface area contributed by atoms with Crippen LogP contribution >= 0.6 is 0 Å². The molecule has 0 heterocycles. The molecule has 0 saturated heterocycles. The molecule has 0 aliphatic rings. The third-order valence-corrected chi connectivity index (χ3v) is 8.63. The van der Waals surface area contributed by atoms with E-state index in [1.165, 1.54) is 10.4 Å². The Kier molecular flexibility index (Phi) is 6.43. The van der Waals surface area contributed by atoms with Gasteiger partial charge in [0.1, 0.15) is 6.10 Å². The van der Waals surface area contributed by atoms with Crippen LogP contribution in [0.3, 0.4) is 0 Å². The molecule has 1 atom stereocenters. The zero-order valence-electron chi connectivity index (χ0n) is 15.6. The van der Waals surface area contributed by atoms with Crippen LogP contribution in [0.2, 0.25) is 6.04 Å². The van der Waals surface area contributed by atoms with E-state index in [-0.39, 0.29) is 6.10 Å². The minimum atomic E-state index is -2.47. The highest BCUT2D eigenvalue weighted by Gasteiger charge is 2.39. The Morgan fingerprint density at radius 2 is 1.33 bits per heavy atom. The Balaban J connectivity index is 1.99. The zero-order valence-corrected chi connectivity index (χ0v) is 16.6. The summed E-state index contributed by atoms with van der Waals surface area (Å²) in [6, 6.07) is 31.9. The number of allylic oxidation sites excluding steroid dienone is 1. The van der Waals surface area contributed by atoms with Crippen molar-refractivity contribution < 1.29 is 4.43 Å². The maximum atomic E-state index is 6.77. The summed E-state index contributed by atoms with van der Waals surface area (Å²) >= 11 is 0. The monoisotopic (exact) mass is 368 g/mol. The van der Waals surface area contributed by atoms with Gasteiger partial charge in [-0.3, -0.25) is 0 Å². The Labute approximate surface area is 163 Å². The molecule has 1 nitrogen and oxygen atoms in total. The van der Waals surface area contributed by atoms with Crippen molar-refractivity contribution in [3.05, 3.63) is 109 Å². The predicted molar refractivity (Wildman–Crippen MR) is 117 cm³/mol. The van der Waals surface area contributed by atoms with E-state index in [9.17, 15) is 0 Å². The molecule has 0 radical (unpaired) electrons. The van der Waals surface area contributed by atoms with Gasteiger partial charge in [0.05, 0.1) is 0 Å². The SMILES string of the molecule is C=CC[Si](OC(C)C#Cc1ccccc1)(c1ccccc1)c1ccccc1. The molecule has 2 heteroatoms. The topological polar surface area (TPSA) is 9.23 Å². The highest BCUT2D eigenvalue weighted by molar-refractivity contribution is 6.97. The molecule has 0 fully saturated rings. The second-order valence-corrected chi connectivity index (χ2v) is 9.90. The number of hydrogen-bond donors (Lipinski definition) is 0. The van der Waals surface area contributed by atoms with Crippen molar-refractivity contribution in [2.45, 2.75) is 19.1 Å². The van der Waals surface area contributed by atoms with Gasteiger partial charge in [-0.25, -0.2) is 0 Å². The maximum absolute atomic E-state index is 6.77. The van der Waals surface area contributed by atoms with Gasteiger partial charge >= 0.3 is 0 Å². The van der Waals surface area contributed by atoms with Crippen LogP contribution in [-0.4, -0.2) is 14.4 Å². The quantitative estimate of drug-likeness (QED) is 0.356. The first-order valence-corrected chi connectivity index (χ1v) is 11.3. The Morgan fingerprint density at radius 3 is 1.81 bits per heavy atom. The van der Waals surface area contributed by atoms with Crippen LogP contribution in [-0.2, 0) is 4.43 Å². The fourth-order valence-corrected chi connectivity index (χ4v) is 6.95. The molecule has 0 aliphatic heterocycles. The second kappa shape index (κ2) is 9.18. The van der Waals surface area contributed by atoms with E-state index in [1.807, 2.05) is 55.5 Å². The molecule has 27 heavy (non-hydrogen) atoms. The lowest BCUT2D eigenvalue weighted by atomic mass is 10.2. The molecule has 3 rings (SSSR count). The van der Waals surface area contributed by atoms with E-state index in [1.54, 1.807) is 0 Å². The minimum absolute atomic E-state index is 0.183. The smallest absolute Gasteiger partial charge is 0.261 e. The van der Waals surface area contributed by atoms with Gasteiger partial charge in [0, 0.05) is 5.56 Å². The average molecular weight is 369 g/mol. The van der Waals surface area contributed by atoms with Gasteiger partial charge in [-0.15, -0.1) is 6.58 Å². The molecule has 1 unspecified atom stereocenters. The van der Waals surface area contributed by atoms with E-state index in [2.05, 4.69) is 67.0 Å². The molecule has 0 N–H and O–H groups in total. The lowest BCUT2D eigenvalue weighted by molar-refractivity contribution is 0.277. The summed E-state index contributed by atoms with van der Waals surface area (Å²) in [6.07, 6.45) is 1.79. The Hall–Kier alpha value is -2.86. The fraction of sp³-hybridized carbons (Fsp3) is 0.120. The van der Waals surface area contributed by atoms with Crippen LogP contribution in [0.4, 0.5) is 0 Å². The molecular weight excluding hydrogens is 344 g/mol. The standard InChI is InChI=1S/C25H24OSi/c1-3-21-27(24-15-9-5-10-16-24,25-17-11-6-12-18-25)26-22(2)19-20-23-13-7-4-8-14-23/h3-18,22H,1,21H2,2H3. The van der Waals surface area contributed by atoms with Gasteiger partial charge in [0.2, 0.25) is 0 Å². The van der Waals surface area contributed by atoms with Crippen molar-refractivity contribution in [3.63, 3.8) is 0 Å². The van der Waals surface area contributed by atoms with E-state index < -0.39 is 8.32 Å². The summed E-state index contributed by atoms with van der Waals surface area (Å²) in [7, 11) is -2.47. The highest BCUT2D eigenvalue weighted by Crippen LogP contribution is 2.16. The number of hydrogen-bond acceptors (Lipinski definition) is 1. The molecule has 0 amide bonds. The summed E-state index contributed by atoms with van der Waals surface area (Å²) in [5.74, 6) is 6.51. The lowest BCUT2D eigenvalue weighted by Crippen LogP contribution is -2.61. The summed E-state index contributed by atoms with van der Waals surface area (Å²) in [6.45, 7) is 6.05. The predicted octanol–water partition coefficient (Wildman–Crippen LogP) is 4.39. The Bertz CT molecular complexity index is 869. The average Bonchev–Trinajstić information content (AvgIpc) is 2.74. The van der Waals surface area contributed by atoms with Gasteiger partial charge in [-0.1, -0.05) is 96.8 Å². The van der Waals surface area contributed by atoms with E-state index in [0.717, 1.165) is 11.6 Å². The van der Waals surface area contributed by atoms with E-state index in [4.69, 9.17) is 4.43 Å². The van der Waals surface area contributed by atoms with Crippen molar-refractivity contribution in [3.8, 4) is 11.8 Å². The third-order valence-electron chi connectivity index (χ3n) is 4.48. The van der Waals surface area contributed by atoms with Crippen LogP contribution in [0.15, 0.2) is 104 Å². The van der Waals surface area contributed by atoms with Gasteiger partial charge in [-0.05, 0) is 35.5 Å². The molecule has 0 aliphatic carbocycles. The first kappa shape index (κ1) is 18.9. The largest absolute Gasteiger partial charge is 0.394 e. The zero-order chi connectivity index (χ0) is 19.0. The third kappa shape index (κ3) is 4.65. The van der Waals surface area contributed by atoms with Crippen molar-refractivity contribution in [1.29, 1.82) is 0 Å². The minimum Gasteiger partial charge on any atom is -0.394 e. The normalized spacial score (nSPS) is 11.9. The number of benzene rings is 3. The van der Waals surface area contributed by atoms with Crippen LogP contribution in [0.5, 0.6) is 0 Å². The summed E-state index contributed by atoms with van der Waals surface area (Å²) < 4.78 is 6.77. The molecule has 0 aromatic heterocycles. The highest BCUT2D eigenvalue weighted by atomic mass is 28.4. The molecule has 0 saturated carbocycles. The van der Waals surface area contributed by atoms with Gasteiger partial charge in [-0.2, -0.15) is 0 Å². The summed E-state index contributed by atoms with van der Waals surface area (Å²) in [4.78, 5) is 0. The first-order chi connectivity index (χ1) is 13.2. The van der Waals surface area contributed by atoms with Crippen molar-refractivity contribution in [2.24, 2.45) is 0 Å². The van der Waals surface area contributed by atoms with Crippen molar-refractivity contribution in [2.75, 3.05) is 0 Å². The van der Waals surface area contributed by atoms with Crippen molar-refractivity contribution in [1.82, 2.24) is 0 Å². The number of rotatable bonds is 6. The van der Waals surface area contributed by atoms with E-state index >= 15 is 0 Å². The summed E-state index contributed by atoms with van der Waals surface area (Å²) in [5.41, 5.74) is 1.00. The van der Waals surface area contributed by atoms with Gasteiger partial charge in [0.15, 0.2) is 0 Å². The molecule has 3 aromatic rings. The molecule has 134 valence electrons. The first-order valence-electron chi connectivity index (χ1n) is 9.21. The lowest BCUT2D eigenvalue weighted by Gasteiger charge is -2.33. The molecule has 3 aromatic carbocycles. The van der Waals surface area contributed by atoms with Crippen LogP contribution in [0.25, 0.3) is 0 Å². The van der Waals surface area contributed by atoms with Crippen LogP contribution < -0.4 is 10.4 Å². The van der Waals surface area contributed by atoms with Gasteiger partial charge < -0.3 is 4.43 Å². The maximum Gasteiger partial charge on any atom is 0.261 e. The molecule has 0 spiro atoms. The van der Waals surface area contributed by atoms with E-state index in [0.29, 0.717) is 0 Å².